The Balaban J connectivity index is 1.54. The number of carbonyl (C=O) groups excluding carboxylic acids is 1. The summed E-state index contributed by atoms with van der Waals surface area (Å²) in [6.07, 6.45) is 8.56. The van der Waals surface area contributed by atoms with Gasteiger partial charge in [0, 0.05) is 49.9 Å². The number of aryl methyl sites for hydroxylation is 1. The van der Waals surface area contributed by atoms with Crippen LogP contribution in [0.15, 0.2) is 42.7 Å². The lowest BCUT2D eigenvalue weighted by atomic mass is 9.88. The molecular weight excluding hydrogens is 343 g/mol. The van der Waals surface area contributed by atoms with E-state index in [0.29, 0.717) is 19.5 Å². The van der Waals surface area contributed by atoms with Gasteiger partial charge in [-0.1, -0.05) is 25.0 Å². The van der Waals surface area contributed by atoms with Crippen LogP contribution >= 0.6 is 0 Å². The second-order valence-electron chi connectivity index (χ2n) is 7.62. The third kappa shape index (κ3) is 4.05. The van der Waals surface area contributed by atoms with Crippen molar-refractivity contribution in [1.29, 1.82) is 0 Å². The van der Waals surface area contributed by atoms with Gasteiger partial charge >= 0.3 is 0 Å². The number of aromatic nitrogens is 2. The van der Waals surface area contributed by atoms with E-state index in [1.807, 2.05) is 23.2 Å². The lowest BCUT2D eigenvalue weighted by Gasteiger charge is -2.31. The van der Waals surface area contributed by atoms with Gasteiger partial charge in [0.15, 0.2) is 0 Å². The van der Waals surface area contributed by atoms with Gasteiger partial charge in [0.25, 0.3) is 0 Å². The molecule has 27 heavy (non-hydrogen) atoms. The highest BCUT2D eigenvalue weighted by atomic mass is 19.1. The quantitative estimate of drug-likeness (QED) is 0.900. The van der Waals surface area contributed by atoms with Crippen LogP contribution in [0.2, 0.25) is 0 Å². The molecular formula is C21H27FN4O. The van der Waals surface area contributed by atoms with Crippen molar-refractivity contribution in [1.82, 2.24) is 20.0 Å². The number of rotatable bonds is 4. The summed E-state index contributed by atoms with van der Waals surface area (Å²) in [5.74, 6) is 0.0950. The average molecular weight is 370 g/mol. The summed E-state index contributed by atoms with van der Waals surface area (Å²) in [5, 5.41) is 7.86. The zero-order valence-electron chi connectivity index (χ0n) is 15.6. The highest BCUT2D eigenvalue weighted by molar-refractivity contribution is 5.77. The summed E-state index contributed by atoms with van der Waals surface area (Å²) in [6.45, 7) is 2.21. The third-order valence-corrected chi connectivity index (χ3v) is 5.91. The molecule has 144 valence electrons. The molecule has 3 heterocycles. The number of hydrogen-bond donors (Lipinski definition) is 1. The molecule has 4 rings (SSSR count). The van der Waals surface area contributed by atoms with E-state index in [1.165, 1.54) is 12.5 Å². The summed E-state index contributed by atoms with van der Waals surface area (Å²) in [6, 6.07) is 9.11. The fourth-order valence-corrected chi connectivity index (χ4v) is 4.58. The topological polar surface area (TPSA) is 50.2 Å². The number of nitrogens with zero attached hydrogens (tertiary/aromatic N) is 3. The van der Waals surface area contributed by atoms with E-state index in [-0.39, 0.29) is 29.7 Å². The zero-order valence-corrected chi connectivity index (χ0v) is 15.6. The second-order valence-corrected chi connectivity index (χ2v) is 7.62. The monoisotopic (exact) mass is 370 g/mol. The molecule has 3 atom stereocenters. The Kier molecular flexibility index (Phi) is 5.53. The predicted molar refractivity (Wildman–Crippen MR) is 102 cm³/mol. The molecule has 2 fully saturated rings. The van der Waals surface area contributed by atoms with Crippen LogP contribution < -0.4 is 5.32 Å². The highest BCUT2D eigenvalue weighted by Crippen LogP contribution is 2.36. The number of benzene rings is 1. The van der Waals surface area contributed by atoms with Crippen molar-refractivity contribution >= 4 is 5.91 Å². The number of likely N-dealkylation sites (tertiary alicyclic amines) is 1. The molecule has 2 aliphatic heterocycles. The van der Waals surface area contributed by atoms with E-state index in [1.54, 1.807) is 23.0 Å². The van der Waals surface area contributed by atoms with Crippen LogP contribution in [-0.4, -0.2) is 45.8 Å². The van der Waals surface area contributed by atoms with Crippen molar-refractivity contribution in [3.8, 4) is 0 Å². The maximum absolute atomic E-state index is 13.8. The lowest BCUT2D eigenvalue weighted by Crippen LogP contribution is -2.47. The maximum atomic E-state index is 13.8. The summed E-state index contributed by atoms with van der Waals surface area (Å²) >= 11 is 0. The van der Waals surface area contributed by atoms with Crippen LogP contribution in [0.1, 0.15) is 43.6 Å². The molecule has 2 aliphatic rings. The van der Waals surface area contributed by atoms with Crippen LogP contribution in [0, 0.1) is 5.82 Å². The minimum atomic E-state index is -0.210. The fraction of sp³-hybridized carbons (Fsp3) is 0.524. The largest absolute Gasteiger partial charge is 0.337 e. The van der Waals surface area contributed by atoms with Crippen LogP contribution in [0.25, 0.3) is 0 Å². The first-order valence-electron chi connectivity index (χ1n) is 9.98. The van der Waals surface area contributed by atoms with Crippen LogP contribution in [0.5, 0.6) is 0 Å². The molecule has 1 amide bonds. The average Bonchev–Trinajstić information content (AvgIpc) is 3.27. The van der Waals surface area contributed by atoms with Crippen molar-refractivity contribution in [3.63, 3.8) is 0 Å². The van der Waals surface area contributed by atoms with Crippen molar-refractivity contribution in [3.05, 3.63) is 54.1 Å². The summed E-state index contributed by atoms with van der Waals surface area (Å²) in [5.41, 5.74) is 0.987. The molecule has 5 nitrogen and oxygen atoms in total. The molecule has 0 saturated carbocycles. The van der Waals surface area contributed by atoms with E-state index in [0.717, 1.165) is 31.4 Å². The first kappa shape index (κ1) is 18.2. The minimum Gasteiger partial charge on any atom is -0.337 e. The number of nitrogens with one attached hydrogen (secondary N) is 1. The highest BCUT2D eigenvalue weighted by Gasteiger charge is 2.44. The summed E-state index contributed by atoms with van der Waals surface area (Å²) in [7, 11) is 0. The molecule has 2 saturated heterocycles. The molecule has 0 spiro atoms. The Bertz CT molecular complexity index is 763. The summed E-state index contributed by atoms with van der Waals surface area (Å²) < 4.78 is 15.6. The Morgan fingerprint density at radius 1 is 1.26 bits per heavy atom. The maximum Gasteiger partial charge on any atom is 0.224 e. The first-order valence-corrected chi connectivity index (χ1v) is 9.98. The smallest absolute Gasteiger partial charge is 0.224 e. The Morgan fingerprint density at radius 2 is 2.19 bits per heavy atom. The molecule has 1 aromatic heterocycles. The lowest BCUT2D eigenvalue weighted by molar-refractivity contribution is -0.132. The van der Waals surface area contributed by atoms with Gasteiger partial charge in [-0.2, -0.15) is 5.10 Å². The minimum absolute atomic E-state index is 0.137. The first-order chi connectivity index (χ1) is 13.2. The van der Waals surface area contributed by atoms with Gasteiger partial charge in [-0.25, -0.2) is 4.39 Å². The van der Waals surface area contributed by atoms with Gasteiger partial charge in [0.2, 0.25) is 5.91 Å². The number of halogens is 1. The molecule has 1 aromatic carbocycles. The van der Waals surface area contributed by atoms with Crippen molar-refractivity contribution in [2.24, 2.45) is 0 Å². The molecule has 0 bridgehead atoms. The zero-order chi connectivity index (χ0) is 18.6. The summed E-state index contributed by atoms with van der Waals surface area (Å²) in [4.78, 5) is 15.1. The number of hydrogen-bond acceptors (Lipinski definition) is 3. The van der Waals surface area contributed by atoms with Gasteiger partial charge < -0.3 is 10.2 Å². The van der Waals surface area contributed by atoms with Gasteiger partial charge in [-0.3, -0.25) is 9.48 Å². The van der Waals surface area contributed by atoms with Crippen LogP contribution in [0.4, 0.5) is 4.39 Å². The van der Waals surface area contributed by atoms with E-state index < -0.39 is 0 Å². The third-order valence-electron chi connectivity index (χ3n) is 5.91. The number of fused-ring (bicyclic) bond motifs is 1. The van der Waals surface area contributed by atoms with Crippen molar-refractivity contribution in [2.45, 2.75) is 56.7 Å². The molecule has 0 radical (unpaired) electrons. The Hall–Kier alpha value is -2.21. The predicted octanol–water partition coefficient (Wildman–Crippen LogP) is 2.94. The Labute approximate surface area is 159 Å². The second kappa shape index (κ2) is 8.21. The molecule has 1 N–H and O–H groups in total. The standard InChI is InChI=1S/C21H27FN4O/c22-17-7-4-6-16(14-17)18-15-26(19-8-2-1-3-10-23-21(18)19)20(27)9-13-25-12-5-11-24-25/h4-7,11-12,14,18-19,21,23H,1-3,8-10,13,15H2/t18-,19+,21-/m0/s1. The Morgan fingerprint density at radius 3 is 3.00 bits per heavy atom. The van der Waals surface area contributed by atoms with Crippen LogP contribution in [0.3, 0.4) is 0 Å². The van der Waals surface area contributed by atoms with Crippen molar-refractivity contribution in [2.75, 3.05) is 13.1 Å². The fourth-order valence-electron chi connectivity index (χ4n) is 4.58. The van der Waals surface area contributed by atoms with E-state index in [4.69, 9.17) is 0 Å². The molecule has 0 aliphatic carbocycles. The van der Waals surface area contributed by atoms with E-state index in [2.05, 4.69) is 10.4 Å². The molecule has 2 aromatic rings. The van der Waals surface area contributed by atoms with E-state index >= 15 is 0 Å². The van der Waals surface area contributed by atoms with Gasteiger partial charge in [-0.15, -0.1) is 0 Å². The normalized spacial score (nSPS) is 25.7. The number of carbonyl (C=O) groups is 1. The van der Waals surface area contributed by atoms with Crippen LogP contribution in [-0.2, 0) is 11.3 Å². The van der Waals surface area contributed by atoms with Crippen molar-refractivity contribution < 1.29 is 9.18 Å². The van der Waals surface area contributed by atoms with E-state index in [9.17, 15) is 9.18 Å². The van der Waals surface area contributed by atoms with Gasteiger partial charge in [0.1, 0.15) is 5.82 Å². The molecule has 6 heteroatoms. The number of amides is 1. The SMILES string of the molecule is O=C(CCn1cccn1)N1C[C@@H](c2cccc(F)c2)[C@@H]2NCCCCC[C@H]21. The molecule has 0 unspecified atom stereocenters. The van der Waals surface area contributed by atoms with Gasteiger partial charge in [0.05, 0.1) is 0 Å². The van der Waals surface area contributed by atoms with Gasteiger partial charge in [-0.05, 0) is 43.1 Å².